The molecule has 1 atom stereocenters. The molecule has 0 saturated carbocycles. The van der Waals surface area contributed by atoms with Gasteiger partial charge in [-0.1, -0.05) is 6.92 Å². The standard InChI is InChI=1S/C4H7NO2/c1-3-2-7-5-4(3)6/h3H,2H2,1H3,(H,5,6). The van der Waals surface area contributed by atoms with E-state index in [0.29, 0.717) is 6.61 Å². The van der Waals surface area contributed by atoms with Crippen molar-refractivity contribution in [1.82, 2.24) is 5.48 Å². The molecule has 1 N–H and O–H groups in total. The Hall–Kier alpha value is -0.570. The average Bonchev–Trinajstić information content (AvgIpc) is 1.91. The first-order chi connectivity index (χ1) is 3.30. The van der Waals surface area contributed by atoms with Crippen LogP contribution in [0.1, 0.15) is 6.92 Å². The van der Waals surface area contributed by atoms with Gasteiger partial charge < -0.3 is 0 Å². The fourth-order valence-corrected chi connectivity index (χ4v) is 0.414. The molecule has 7 heavy (non-hydrogen) atoms. The minimum atomic E-state index is -0.0139. The third kappa shape index (κ3) is 0.718. The molecule has 0 aromatic carbocycles. The Morgan fingerprint density at radius 3 is 2.86 bits per heavy atom. The van der Waals surface area contributed by atoms with Crippen LogP contribution in [-0.4, -0.2) is 12.5 Å². The van der Waals surface area contributed by atoms with Crippen molar-refractivity contribution in [3.63, 3.8) is 0 Å². The van der Waals surface area contributed by atoms with E-state index in [1.54, 1.807) is 0 Å². The molecule has 0 radical (unpaired) electrons. The van der Waals surface area contributed by atoms with Crippen molar-refractivity contribution in [3.05, 3.63) is 0 Å². The predicted octanol–water partition coefficient (Wildman–Crippen LogP) is -0.316. The molecule has 1 saturated heterocycles. The van der Waals surface area contributed by atoms with Crippen LogP contribution >= 0.6 is 0 Å². The first kappa shape index (κ1) is 4.59. The zero-order valence-electron chi connectivity index (χ0n) is 4.10. The predicted molar refractivity (Wildman–Crippen MR) is 23.3 cm³/mol. The molecule has 1 rings (SSSR count). The van der Waals surface area contributed by atoms with E-state index in [4.69, 9.17) is 0 Å². The van der Waals surface area contributed by atoms with Crippen molar-refractivity contribution in [3.8, 4) is 0 Å². The van der Waals surface area contributed by atoms with Crippen molar-refractivity contribution < 1.29 is 9.63 Å². The summed E-state index contributed by atoms with van der Waals surface area (Å²) in [4.78, 5) is 14.9. The van der Waals surface area contributed by atoms with Gasteiger partial charge >= 0.3 is 0 Å². The van der Waals surface area contributed by atoms with E-state index in [-0.39, 0.29) is 11.8 Å². The molecule has 1 fully saturated rings. The zero-order chi connectivity index (χ0) is 5.28. The van der Waals surface area contributed by atoms with Gasteiger partial charge in [-0.3, -0.25) is 9.63 Å². The van der Waals surface area contributed by atoms with Gasteiger partial charge in [0.15, 0.2) is 0 Å². The molecule has 0 bridgehead atoms. The number of nitrogens with one attached hydrogen (secondary N) is 1. The second-order valence-corrected chi connectivity index (χ2v) is 1.68. The van der Waals surface area contributed by atoms with E-state index in [0.717, 1.165) is 0 Å². The SMILES string of the molecule is CC1CONC1=O. The van der Waals surface area contributed by atoms with Gasteiger partial charge in [0.1, 0.15) is 0 Å². The van der Waals surface area contributed by atoms with E-state index in [9.17, 15) is 4.79 Å². The van der Waals surface area contributed by atoms with Crippen molar-refractivity contribution in [2.24, 2.45) is 5.92 Å². The van der Waals surface area contributed by atoms with Crippen LogP contribution in [0.2, 0.25) is 0 Å². The number of amides is 1. The van der Waals surface area contributed by atoms with Gasteiger partial charge in [0.2, 0.25) is 5.91 Å². The van der Waals surface area contributed by atoms with Gasteiger partial charge in [-0.15, -0.1) is 0 Å². The number of hydroxylamine groups is 1. The minimum Gasteiger partial charge on any atom is -0.273 e. The van der Waals surface area contributed by atoms with Crippen LogP contribution in [0.4, 0.5) is 0 Å². The lowest BCUT2D eigenvalue weighted by molar-refractivity contribution is -0.125. The van der Waals surface area contributed by atoms with Crippen LogP contribution < -0.4 is 5.48 Å². The Balaban J connectivity index is 2.48. The van der Waals surface area contributed by atoms with Crippen LogP contribution in [0.25, 0.3) is 0 Å². The van der Waals surface area contributed by atoms with Gasteiger partial charge in [0.05, 0.1) is 12.5 Å². The summed E-state index contributed by atoms with van der Waals surface area (Å²) in [7, 11) is 0. The molecule has 0 aliphatic carbocycles. The molecule has 1 heterocycles. The zero-order valence-corrected chi connectivity index (χ0v) is 4.10. The summed E-state index contributed by atoms with van der Waals surface area (Å²) in [5.41, 5.74) is 2.23. The highest BCUT2D eigenvalue weighted by Crippen LogP contribution is 2.00. The van der Waals surface area contributed by atoms with E-state index in [2.05, 4.69) is 10.3 Å². The molecule has 1 aliphatic rings. The first-order valence-electron chi connectivity index (χ1n) is 2.22. The number of carbonyl (C=O) groups excluding carboxylic acids is 1. The average molecular weight is 101 g/mol. The smallest absolute Gasteiger partial charge is 0.248 e. The molecular weight excluding hydrogens is 94.0 g/mol. The molecule has 1 aliphatic heterocycles. The third-order valence-electron chi connectivity index (χ3n) is 0.954. The largest absolute Gasteiger partial charge is 0.273 e. The fraction of sp³-hybridized carbons (Fsp3) is 0.750. The first-order valence-corrected chi connectivity index (χ1v) is 2.22. The van der Waals surface area contributed by atoms with Crippen LogP contribution in [0.5, 0.6) is 0 Å². The maximum absolute atomic E-state index is 10.3. The molecule has 1 unspecified atom stereocenters. The van der Waals surface area contributed by atoms with E-state index < -0.39 is 0 Å². The van der Waals surface area contributed by atoms with Crippen LogP contribution in [0.15, 0.2) is 0 Å². The highest BCUT2D eigenvalue weighted by molar-refractivity contribution is 5.78. The van der Waals surface area contributed by atoms with Gasteiger partial charge in [0.25, 0.3) is 0 Å². The second-order valence-electron chi connectivity index (χ2n) is 1.68. The van der Waals surface area contributed by atoms with Crippen LogP contribution in [-0.2, 0) is 9.63 Å². The minimum absolute atomic E-state index is 0.0139. The second kappa shape index (κ2) is 1.50. The van der Waals surface area contributed by atoms with Crippen molar-refractivity contribution in [1.29, 1.82) is 0 Å². The summed E-state index contributed by atoms with van der Waals surface area (Å²) in [6, 6.07) is 0. The van der Waals surface area contributed by atoms with E-state index >= 15 is 0 Å². The molecule has 1 amide bonds. The maximum Gasteiger partial charge on any atom is 0.248 e. The van der Waals surface area contributed by atoms with Crippen molar-refractivity contribution >= 4 is 5.91 Å². The Labute approximate surface area is 41.6 Å². The lowest BCUT2D eigenvalue weighted by atomic mass is 10.2. The third-order valence-corrected chi connectivity index (χ3v) is 0.954. The lowest BCUT2D eigenvalue weighted by Crippen LogP contribution is -2.15. The maximum atomic E-state index is 10.3. The molecule has 40 valence electrons. The van der Waals surface area contributed by atoms with Gasteiger partial charge in [-0.25, -0.2) is 5.48 Å². The van der Waals surface area contributed by atoms with Gasteiger partial charge in [-0.05, 0) is 0 Å². The normalized spacial score (nSPS) is 30.4. The van der Waals surface area contributed by atoms with Crippen LogP contribution in [0.3, 0.4) is 0 Å². The lowest BCUT2D eigenvalue weighted by Gasteiger charge is -1.86. The fourth-order valence-electron chi connectivity index (χ4n) is 0.414. The number of hydrogen-bond acceptors (Lipinski definition) is 2. The Bertz CT molecular complexity index is 91.7. The van der Waals surface area contributed by atoms with Crippen molar-refractivity contribution in [2.75, 3.05) is 6.61 Å². The quantitative estimate of drug-likeness (QED) is 0.454. The van der Waals surface area contributed by atoms with Crippen molar-refractivity contribution in [2.45, 2.75) is 6.92 Å². The summed E-state index contributed by atoms with van der Waals surface area (Å²) < 4.78 is 0. The monoisotopic (exact) mass is 101 g/mol. The Kier molecular flexibility index (Phi) is 0.982. The highest BCUT2D eigenvalue weighted by atomic mass is 16.7. The Morgan fingerprint density at radius 1 is 2.00 bits per heavy atom. The summed E-state index contributed by atoms with van der Waals surface area (Å²) in [5, 5.41) is 0. The van der Waals surface area contributed by atoms with Crippen LogP contribution in [0, 0.1) is 5.92 Å². The van der Waals surface area contributed by atoms with E-state index in [1.807, 2.05) is 6.92 Å². The molecule has 3 nitrogen and oxygen atoms in total. The summed E-state index contributed by atoms with van der Waals surface area (Å²) in [6.45, 7) is 2.33. The summed E-state index contributed by atoms with van der Waals surface area (Å²) in [6.07, 6.45) is 0. The molecular formula is C4H7NO2. The molecule has 0 aromatic heterocycles. The summed E-state index contributed by atoms with van der Waals surface area (Å²) >= 11 is 0. The van der Waals surface area contributed by atoms with Gasteiger partial charge in [-0.2, -0.15) is 0 Å². The highest BCUT2D eigenvalue weighted by Gasteiger charge is 2.19. The molecule has 0 aromatic rings. The van der Waals surface area contributed by atoms with Gasteiger partial charge in [0, 0.05) is 0 Å². The van der Waals surface area contributed by atoms with E-state index in [1.165, 1.54) is 0 Å². The summed E-state index contributed by atoms with van der Waals surface area (Å²) in [5.74, 6) is 0.0278. The Morgan fingerprint density at radius 2 is 2.71 bits per heavy atom. The number of carbonyl (C=O) groups is 1. The molecule has 3 heteroatoms. The number of rotatable bonds is 0. The molecule has 0 spiro atoms. The topological polar surface area (TPSA) is 38.3 Å². The number of hydrogen-bond donors (Lipinski definition) is 1.